The Labute approximate surface area is 103 Å². The minimum Gasteiger partial charge on any atom is -0.377 e. The Hall–Kier alpha value is -0.380. The van der Waals surface area contributed by atoms with Gasteiger partial charge in [0.2, 0.25) is 0 Å². The van der Waals surface area contributed by atoms with Crippen molar-refractivity contribution in [1.29, 1.82) is 0 Å². The largest absolute Gasteiger partial charge is 0.377 e. The van der Waals surface area contributed by atoms with Crippen LogP contribution in [0.1, 0.15) is 32.6 Å². The quantitative estimate of drug-likeness (QED) is 0.428. The summed E-state index contributed by atoms with van der Waals surface area (Å²) in [6.45, 7) is 4.41. The molecule has 3 nitrogen and oxygen atoms in total. The lowest BCUT2D eigenvalue weighted by Crippen LogP contribution is -2.41. The molecule has 0 unspecified atom stereocenters. The van der Waals surface area contributed by atoms with Crippen molar-refractivity contribution >= 4 is 0 Å². The average Bonchev–Trinajstić information content (AvgIpc) is 2.79. The second-order valence-electron chi connectivity index (χ2n) is 5.86. The number of hydrogen-bond acceptors (Lipinski definition) is 3. The van der Waals surface area contributed by atoms with Crippen molar-refractivity contribution in [2.24, 2.45) is 10.8 Å². The highest BCUT2D eigenvalue weighted by atomic mass is 16.7. The van der Waals surface area contributed by atoms with Gasteiger partial charge < -0.3 is 14.2 Å². The zero-order valence-electron chi connectivity index (χ0n) is 10.8. The van der Waals surface area contributed by atoms with Crippen LogP contribution >= 0.6 is 0 Å². The molecule has 3 rings (SSSR count). The molecule has 1 aliphatic heterocycles. The molecule has 2 fully saturated rings. The fourth-order valence-electron chi connectivity index (χ4n) is 4.23. The number of ether oxygens (including phenoxy) is 3. The molecule has 2 aliphatic carbocycles. The Bertz CT molecular complexity index is 328. The number of allylic oxidation sites excluding steroid dienone is 1. The standard InChI is InChI=1S/C14H22O3/c1-13-6-3-4-11(8-16-10-15-2)14(13)7-5-12(13)17-9-14/h4,12H,3,5-10H2,1-2H3/t12-,13+,14-/m0/s1. The van der Waals surface area contributed by atoms with Crippen molar-refractivity contribution in [1.82, 2.24) is 0 Å². The predicted molar refractivity (Wildman–Crippen MR) is 64.7 cm³/mol. The van der Waals surface area contributed by atoms with Crippen LogP contribution in [0.4, 0.5) is 0 Å². The van der Waals surface area contributed by atoms with Crippen LogP contribution in [0.2, 0.25) is 0 Å². The molecule has 0 spiro atoms. The lowest BCUT2D eigenvalue weighted by molar-refractivity contribution is -0.0302. The van der Waals surface area contributed by atoms with Gasteiger partial charge in [-0.2, -0.15) is 0 Å². The van der Waals surface area contributed by atoms with E-state index in [0.717, 1.165) is 6.61 Å². The van der Waals surface area contributed by atoms with Crippen LogP contribution in [0.25, 0.3) is 0 Å². The van der Waals surface area contributed by atoms with E-state index in [1.807, 2.05) is 0 Å². The number of methoxy groups -OCH3 is 1. The fraction of sp³-hybridized carbons (Fsp3) is 0.857. The average molecular weight is 238 g/mol. The van der Waals surface area contributed by atoms with Crippen LogP contribution in [0.3, 0.4) is 0 Å². The van der Waals surface area contributed by atoms with Gasteiger partial charge in [-0.1, -0.05) is 13.0 Å². The first kappa shape index (κ1) is 11.7. The molecule has 0 aromatic carbocycles. The smallest absolute Gasteiger partial charge is 0.146 e. The Morgan fingerprint density at radius 3 is 3.06 bits per heavy atom. The maximum absolute atomic E-state index is 6.00. The van der Waals surface area contributed by atoms with Crippen LogP contribution in [0.5, 0.6) is 0 Å². The maximum Gasteiger partial charge on any atom is 0.146 e. The summed E-state index contributed by atoms with van der Waals surface area (Å²) in [5.74, 6) is 0. The summed E-state index contributed by atoms with van der Waals surface area (Å²) in [5, 5.41) is 0. The van der Waals surface area contributed by atoms with E-state index < -0.39 is 0 Å². The monoisotopic (exact) mass is 238 g/mol. The van der Waals surface area contributed by atoms with Crippen molar-refractivity contribution in [2.45, 2.75) is 38.7 Å². The first-order valence-corrected chi connectivity index (χ1v) is 6.61. The summed E-state index contributed by atoms with van der Waals surface area (Å²) in [5.41, 5.74) is 2.08. The highest BCUT2D eigenvalue weighted by Gasteiger charge is 2.64. The van der Waals surface area contributed by atoms with Crippen LogP contribution in [-0.4, -0.2) is 33.2 Å². The third kappa shape index (κ3) is 1.46. The first-order valence-electron chi connectivity index (χ1n) is 6.61. The molecule has 1 saturated carbocycles. The molecule has 3 atom stereocenters. The van der Waals surface area contributed by atoms with Crippen LogP contribution < -0.4 is 0 Å². The van der Waals surface area contributed by atoms with Gasteiger partial charge in [0.15, 0.2) is 0 Å². The highest BCUT2D eigenvalue weighted by molar-refractivity contribution is 5.30. The van der Waals surface area contributed by atoms with E-state index in [2.05, 4.69) is 13.0 Å². The zero-order valence-corrected chi connectivity index (χ0v) is 10.8. The second kappa shape index (κ2) is 4.08. The summed E-state index contributed by atoms with van der Waals surface area (Å²) in [4.78, 5) is 0. The highest BCUT2D eigenvalue weighted by Crippen LogP contribution is 2.66. The maximum atomic E-state index is 6.00. The number of rotatable bonds is 4. The van der Waals surface area contributed by atoms with Gasteiger partial charge >= 0.3 is 0 Å². The molecule has 1 saturated heterocycles. The van der Waals surface area contributed by atoms with E-state index in [0.29, 0.717) is 24.9 Å². The summed E-state index contributed by atoms with van der Waals surface area (Å²) >= 11 is 0. The van der Waals surface area contributed by atoms with E-state index in [-0.39, 0.29) is 5.41 Å². The van der Waals surface area contributed by atoms with Crippen molar-refractivity contribution in [2.75, 3.05) is 27.1 Å². The van der Waals surface area contributed by atoms with Gasteiger partial charge in [0.05, 0.1) is 19.3 Å². The van der Waals surface area contributed by atoms with Crippen molar-refractivity contribution in [3.63, 3.8) is 0 Å². The molecule has 17 heavy (non-hydrogen) atoms. The third-order valence-corrected chi connectivity index (χ3v) is 5.30. The molecule has 0 N–H and O–H groups in total. The van der Waals surface area contributed by atoms with Crippen LogP contribution in [0.15, 0.2) is 11.6 Å². The summed E-state index contributed by atoms with van der Waals surface area (Å²) in [6, 6.07) is 0. The minimum atomic E-state index is 0.268. The normalized spacial score (nSPS) is 43.6. The van der Waals surface area contributed by atoms with Gasteiger partial charge in [0.1, 0.15) is 6.79 Å². The third-order valence-electron chi connectivity index (χ3n) is 5.30. The van der Waals surface area contributed by atoms with Crippen molar-refractivity contribution in [3.05, 3.63) is 11.6 Å². The van der Waals surface area contributed by atoms with Gasteiger partial charge in [0, 0.05) is 17.9 Å². The number of hydrogen-bond donors (Lipinski definition) is 0. The topological polar surface area (TPSA) is 27.7 Å². The van der Waals surface area contributed by atoms with Crippen molar-refractivity contribution < 1.29 is 14.2 Å². The Balaban J connectivity index is 1.82. The molecule has 0 radical (unpaired) electrons. The molecule has 0 amide bonds. The van der Waals surface area contributed by atoms with E-state index in [9.17, 15) is 0 Å². The molecule has 1 heterocycles. The summed E-state index contributed by atoms with van der Waals surface area (Å²) in [6.07, 6.45) is 7.80. The van der Waals surface area contributed by atoms with Gasteiger partial charge in [-0.3, -0.25) is 0 Å². The molecular weight excluding hydrogens is 216 g/mol. The van der Waals surface area contributed by atoms with E-state index in [1.54, 1.807) is 7.11 Å². The molecule has 0 aromatic rings. The van der Waals surface area contributed by atoms with E-state index >= 15 is 0 Å². The first-order chi connectivity index (χ1) is 8.23. The molecule has 96 valence electrons. The minimum absolute atomic E-state index is 0.268. The summed E-state index contributed by atoms with van der Waals surface area (Å²) in [7, 11) is 1.67. The molecule has 0 aromatic heterocycles. The predicted octanol–water partition coefficient (Wildman–Crippen LogP) is 2.51. The van der Waals surface area contributed by atoms with Gasteiger partial charge in [0.25, 0.3) is 0 Å². The van der Waals surface area contributed by atoms with E-state index in [4.69, 9.17) is 14.2 Å². The molecular formula is C14H22O3. The van der Waals surface area contributed by atoms with Crippen LogP contribution in [0, 0.1) is 10.8 Å². The lowest BCUT2D eigenvalue weighted by Gasteiger charge is -2.43. The zero-order chi connectivity index (χ0) is 11.9. The lowest BCUT2D eigenvalue weighted by atomic mass is 9.59. The summed E-state index contributed by atoms with van der Waals surface area (Å²) < 4.78 is 16.5. The Morgan fingerprint density at radius 2 is 2.35 bits per heavy atom. The SMILES string of the molecule is COCOCC1=CCC[C@]2(C)[C@@H]3CC[C@]12CO3. The van der Waals surface area contributed by atoms with Crippen LogP contribution in [-0.2, 0) is 14.2 Å². The van der Waals surface area contributed by atoms with Crippen molar-refractivity contribution in [3.8, 4) is 0 Å². The molecule has 3 aliphatic rings. The Kier molecular flexibility index (Phi) is 2.80. The molecule has 2 bridgehead atoms. The van der Waals surface area contributed by atoms with Gasteiger partial charge in [-0.25, -0.2) is 0 Å². The van der Waals surface area contributed by atoms with E-state index in [1.165, 1.54) is 31.3 Å². The fourth-order valence-corrected chi connectivity index (χ4v) is 4.23. The van der Waals surface area contributed by atoms with Gasteiger partial charge in [-0.15, -0.1) is 0 Å². The van der Waals surface area contributed by atoms with Gasteiger partial charge in [-0.05, 0) is 31.3 Å². The second-order valence-corrected chi connectivity index (χ2v) is 5.86. The molecule has 3 heteroatoms. The Morgan fingerprint density at radius 1 is 1.47 bits per heavy atom.